The lowest BCUT2D eigenvalue weighted by Crippen LogP contribution is -2.17. The first kappa shape index (κ1) is 12.8. The van der Waals surface area contributed by atoms with Gasteiger partial charge in [0.15, 0.2) is 11.5 Å². The lowest BCUT2D eigenvalue weighted by atomic mass is 10.2. The highest BCUT2D eigenvalue weighted by Gasteiger charge is 2.16. The summed E-state index contributed by atoms with van der Waals surface area (Å²) in [6.45, 7) is 1.47. The average Bonchev–Trinajstić information content (AvgIpc) is 2.53. The van der Waals surface area contributed by atoms with E-state index in [1.807, 2.05) is 42.5 Å². The van der Waals surface area contributed by atoms with Gasteiger partial charge in [0.2, 0.25) is 0 Å². The number of ether oxygens (including phenoxy) is 3. The van der Waals surface area contributed by atoms with Crippen molar-refractivity contribution in [3.63, 3.8) is 0 Å². The molecule has 20 heavy (non-hydrogen) atoms. The van der Waals surface area contributed by atoms with Crippen molar-refractivity contribution in [1.82, 2.24) is 0 Å². The molecule has 2 aromatic carbocycles. The second kappa shape index (κ2) is 5.84. The largest absolute Gasteiger partial charge is 0.488 e. The highest BCUT2D eigenvalue weighted by molar-refractivity contribution is 5.47. The van der Waals surface area contributed by atoms with Crippen LogP contribution >= 0.6 is 0 Å². The van der Waals surface area contributed by atoms with E-state index in [-0.39, 0.29) is 6.61 Å². The highest BCUT2D eigenvalue weighted by Crippen LogP contribution is 2.34. The Hall–Kier alpha value is -2.20. The van der Waals surface area contributed by atoms with Gasteiger partial charge in [0.05, 0.1) is 6.61 Å². The van der Waals surface area contributed by atoms with Crippen LogP contribution in [0.1, 0.15) is 11.1 Å². The van der Waals surface area contributed by atoms with E-state index in [0.29, 0.717) is 25.6 Å². The van der Waals surface area contributed by atoms with Crippen LogP contribution in [-0.2, 0) is 13.2 Å². The second-order valence-corrected chi connectivity index (χ2v) is 4.50. The molecule has 1 heterocycles. The molecule has 0 bridgehead atoms. The third-order valence-electron chi connectivity index (χ3n) is 3.17. The minimum atomic E-state index is -0.0390. The van der Waals surface area contributed by atoms with Gasteiger partial charge in [0, 0.05) is 11.1 Å². The molecule has 1 aliphatic heterocycles. The number of hydrogen-bond donors (Lipinski definition) is 1. The van der Waals surface area contributed by atoms with Crippen LogP contribution in [0.4, 0.5) is 0 Å². The molecule has 4 heteroatoms. The molecule has 4 nitrogen and oxygen atoms in total. The Kier molecular flexibility index (Phi) is 3.74. The van der Waals surface area contributed by atoms with E-state index in [9.17, 15) is 5.11 Å². The number of rotatable bonds is 4. The summed E-state index contributed by atoms with van der Waals surface area (Å²) < 4.78 is 17.0. The van der Waals surface area contributed by atoms with Gasteiger partial charge in [0.25, 0.3) is 0 Å². The third-order valence-corrected chi connectivity index (χ3v) is 3.17. The zero-order valence-corrected chi connectivity index (χ0v) is 11.0. The fourth-order valence-electron chi connectivity index (χ4n) is 2.18. The van der Waals surface area contributed by atoms with Crippen LogP contribution in [0.5, 0.6) is 17.2 Å². The summed E-state index contributed by atoms with van der Waals surface area (Å²) in [5.74, 6) is 2.19. The van der Waals surface area contributed by atoms with Crippen molar-refractivity contribution in [2.45, 2.75) is 13.2 Å². The standard InChI is InChI=1S/C16H16O4/c17-10-12-4-1-2-6-14(12)20-11-13-5-3-7-15-16(13)19-9-8-18-15/h1-7,17H,8-11H2. The normalized spacial score (nSPS) is 13.1. The van der Waals surface area contributed by atoms with Gasteiger partial charge in [-0.1, -0.05) is 30.3 Å². The Morgan fingerprint density at radius 2 is 1.75 bits per heavy atom. The maximum absolute atomic E-state index is 9.28. The quantitative estimate of drug-likeness (QED) is 0.929. The van der Waals surface area contributed by atoms with Gasteiger partial charge in [-0.05, 0) is 12.1 Å². The summed E-state index contributed by atoms with van der Waals surface area (Å²) in [5, 5.41) is 9.28. The molecule has 3 rings (SSSR count). The fourth-order valence-corrected chi connectivity index (χ4v) is 2.18. The van der Waals surface area contributed by atoms with Gasteiger partial charge in [-0.25, -0.2) is 0 Å². The van der Waals surface area contributed by atoms with Crippen LogP contribution in [0.25, 0.3) is 0 Å². The van der Waals surface area contributed by atoms with Gasteiger partial charge < -0.3 is 19.3 Å². The monoisotopic (exact) mass is 272 g/mol. The lowest BCUT2D eigenvalue weighted by Gasteiger charge is -2.21. The molecule has 0 atom stereocenters. The van der Waals surface area contributed by atoms with Crippen molar-refractivity contribution in [3.8, 4) is 17.2 Å². The van der Waals surface area contributed by atoms with Crippen molar-refractivity contribution in [2.75, 3.05) is 13.2 Å². The van der Waals surface area contributed by atoms with Crippen LogP contribution in [0.15, 0.2) is 42.5 Å². The molecular formula is C16H16O4. The maximum atomic E-state index is 9.28. The molecule has 0 fully saturated rings. The number of para-hydroxylation sites is 2. The van der Waals surface area contributed by atoms with Crippen LogP contribution in [0.2, 0.25) is 0 Å². The molecule has 0 aromatic heterocycles. The Bertz CT molecular complexity index is 595. The average molecular weight is 272 g/mol. The zero-order chi connectivity index (χ0) is 13.8. The molecule has 2 aromatic rings. The van der Waals surface area contributed by atoms with Crippen LogP contribution in [-0.4, -0.2) is 18.3 Å². The Balaban J connectivity index is 1.79. The van der Waals surface area contributed by atoms with Gasteiger partial charge >= 0.3 is 0 Å². The van der Waals surface area contributed by atoms with Crippen molar-refractivity contribution in [3.05, 3.63) is 53.6 Å². The topological polar surface area (TPSA) is 47.9 Å². The summed E-state index contributed by atoms with van der Waals surface area (Å²) in [4.78, 5) is 0. The third kappa shape index (κ3) is 2.56. The van der Waals surface area contributed by atoms with Gasteiger partial charge in [-0.3, -0.25) is 0 Å². The molecule has 0 aliphatic carbocycles. The lowest BCUT2D eigenvalue weighted by molar-refractivity contribution is 0.166. The van der Waals surface area contributed by atoms with Gasteiger partial charge in [0.1, 0.15) is 25.6 Å². The van der Waals surface area contributed by atoms with E-state index >= 15 is 0 Å². The molecule has 0 saturated carbocycles. The summed E-state index contributed by atoms with van der Waals surface area (Å²) in [6.07, 6.45) is 0. The van der Waals surface area contributed by atoms with Crippen molar-refractivity contribution >= 4 is 0 Å². The molecule has 1 aliphatic rings. The number of aliphatic hydroxyl groups excluding tert-OH is 1. The van der Waals surface area contributed by atoms with Crippen molar-refractivity contribution < 1.29 is 19.3 Å². The van der Waals surface area contributed by atoms with E-state index in [1.165, 1.54) is 0 Å². The van der Waals surface area contributed by atoms with E-state index in [0.717, 1.165) is 22.6 Å². The Morgan fingerprint density at radius 3 is 2.65 bits per heavy atom. The van der Waals surface area contributed by atoms with Gasteiger partial charge in [-0.15, -0.1) is 0 Å². The van der Waals surface area contributed by atoms with Gasteiger partial charge in [-0.2, -0.15) is 0 Å². The summed E-state index contributed by atoms with van der Waals surface area (Å²) in [7, 11) is 0. The predicted molar refractivity (Wildman–Crippen MR) is 74.1 cm³/mol. The summed E-state index contributed by atoms with van der Waals surface area (Å²) in [6, 6.07) is 13.2. The second-order valence-electron chi connectivity index (χ2n) is 4.50. The minimum Gasteiger partial charge on any atom is -0.488 e. The van der Waals surface area contributed by atoms with E-state index in [2.05, 4.69) is 0 Å². The molecule has 1 N–H and O–H groups in total. The molecule has 0 radical (unpaired) electrons. The first-order chi connectivity index (χ1) is 9.88. The fraction of sp³-hybridized carbons (Fsp3) is 0.250. The Morgan fingerprint density at radius 1 is 0.950 bits per heavy atom. The molecule has 0 spiro atoms. The van der Waals surface area contributed by atoms with Crippen LogP contribution in [0.3, 0.4) is 0 Å². The number of aliphatic hydroxyl groups is 1. The minimum absolute atomic E-state index is 0.0390. The first-order valence-electron chi connectivity index (χ1n) is 6.57. The maximum Gasteiger partial charge on any atom is 0.167 e. The summed E-state index contributed by atoms with van der Waals surface area (Å²) >= 11 is 0. The Labute approximate surface area is 117 Å². The summed E-state index contributed by atoms with van der Waals surface area (Å²) in [5.41, 5.74) is 1.71. The number of benzene rings is 2. The predicted octanol–water partition coefficient (Wildman–Crippen LogP) is 2.53. The first-order valence-corrected chi connectivity index (χ1v) is 6.57. The smallest absolute Gasteiger partial charge is 0.167 e. The van der Waals surface area contributed by atoms with E-state index in [1.54, 1.807) is 0 Å². The SMILES string of the molecule is OCc1ccccc1OCc1cccc2c1OCCO2. The number of hydrogen-bond acceptors (Lipinski definition) is 4. The molecule has 0 saturated heterocycles. The molecule has 0 amide bonds. The van der Waals surface area contributed by atoms with E-state index < -0.39 is 0 Å². The van der Waals surface area contributed by atoms with Crippen LogP contribution < -0.4 is 14.2 Å². The van der Waals surface area contributed by atoms with E-state index in [4.69, 9.17) is 14.2 Å². The number of fused-ring (bicyclic) bond motifs is 1. The molecule has 0 unspecified atom stereocenters. The van der Waals surface area contributed by atoms with Crippen molar-refractivity contribution in [1.29, 1.82) is 0 Å². The molecular weight excluding hydrogens is 256 g/mol. The van der Waals surface area contributed by atoms with Crippen LogP contribution in [0, 0.1) is 0 Å². The highest BCUT2D eigenvalue weighted by atomic mass is 16.6. The zero-order valence-electron chi connectivity index (χ0n) is 11.0. The molecule has 104 valence electrons. The van der Waals surface area contributed by atoms with Crippen molar-refractivity contribution in [2.24, 2.45) is 0 Å².